The SMILES string of the molecule is COc1cccc(OC)c1C1(OC)CC1. The third-order valence-corrected chi connectivity index (χ3v) is 2.98. The maximum atomic E-state index is 5.56. The van der Waals surface area contributed by atoms with Crippen LogP contribution < -0.4 is 9.47 Å². The third-order valence-electron chi connectivity index (χ3n) is 2.98. The van der Waals surface area contributed by atoms with Gasteiger partial charge in [-0.3, -0.25) is 0 Å². The molecule has 0 saturated heterocycles. The van der Waals surface area contributed by atoms with Crippen LogP contribution in [0.1, 0.15) is 18.4 Å². The van der Waals surface area contributed by atoms with Crippen molar-refractivity contribution in [3.63, 3.8) is 0 Å². The molecule has 1 aliphatic carbocycles. The van der Waals surface area contributed by atoms with Crippen LogP contribution in [0.3, 0.4) is 0 Å². The fourth-order valence-electron chi connectivity index (χ4n) is 1.97. The summed E-state index contributed by atoms with van der Waals surface area (Å²) < 4.78 is 16.3. The Morgan fingerprint density at radius 3 is 1.87 bits per heavy atom. The Morgan fingerprint density at radius 1 is 1.00 bits per heavy atom. The molecule has 0 spiro atoms. The first kappa shape index (κ1) is 10.3. The van der Waals surface area contributed by atoms with Crippen molar-refractivity contribution in [3.8, 4) is 11.5 Å². The number of rotatable bonds is 4. The molecule has 3 heteroatoms. The molecule has 0 radical (unpaired) electrons. The number of hydrogen-bond acceptors (Lipinski definition) is 3. The smallest absolute Gasteiger partial charge is 0.128 e. The van der Waals surface area contributed by atoms with E-state index in [-0.39, 0.29) is 5.60 Å². The molecule has 3 nitrogen and oxygen atoms in total. The lowest BCUT2D eigenvalue weighted by atomic mass is 10.0. The molecular weight excluding hydrogens is 192 g/mol. The predicted octanol–water partition coefficient (Wildman–Crippen LogP) is 2.34. The van der Waals surface area contributed by atoms with Gasteiger partial charge in [-0.15, -0.1) is 0 Å². The quantitative estimate of drug-likeness (QED) is 0.760. The summed E-state index contributed by atoms with van der Waals surface area (Å²) in [6.07, 6.45) is 2.06. The van der Waals surface area contributed by atoms with Crippen molar-refractivity contribution in [2.24, 2.45) is 0 Å². The van der Waals surface area contributed by atoms with Crippen LogP contribution in [0.25, 0.3) is 0 Å². The maximum absolute atomic E-state index is 5.56. The number of hydrogen-bond donors (Lipinski definition) is 0. The van der Waals surface area contributed by atoms with E-state index in [0.717, 1.165) is 29.9 Å². The zero-order valence-electron chi connectivity index (χ0n) is 9.37. The topological polar surface area (TPSA) is 27.7 Å². The summed E-state index contributed by atoms with van der Waals surface area (Å²) in [6.45, 7) is 0. The lowest BCUT2D eigenvalue weighted by Gasteiger charge is -2.20. The molecule has 1 fully saturated rings. The lowest BCUT2D eigenvalue weighted by Crippen LogP contribution is -2.12. The Kier molecular flexibility index (Phi) is 2.57. The fraction of sp³-hybridized carbons (Fsp3) is 0.500. The van der Waals surface area contributed by atoms with Gasteiger partial charge in [-0.05, 0) is 25.0 Å². The molecule has 2 rings (SSSR count). The van der Waals surface area contributed by atoms with Crippen molar-refractivity contribution in [3.05, 3.63) is 23.8 Å². The second-order valence-corrected chi connectivity index (χ2v) is 3.74. The third kappa shape index (κ3) is 1.57. The molecule has 1 aromatic rings. The lowest BCUT2D eigenvalue weighted by molar-refractivity contribution is 0.0741. The van der Waals surface area contributed by atoms with E-state index < -0.39 is 0 Å². The van der Waals surface area contributed by atoms with Crippen LogP contribution in [0.2, 0.25) is 0 Å². The zero-order valence-corrected chi connectivity index (χ0v) is 9.37. The molecule has 0 N–H and O–H groups in total. The highest BCUT2D eigenvalue weighted by Crippen LogP contribution is 2.54. The van der Waals surface area contributed by atoms with Gasteiger partial charge in [0.2, 0.25) is 0 Å². The second-order valence-electron chi connectivity index (χ2n) is 3.74. The molecule has 1 saturated carbocycles. The fourth-order valence-corrected chi connectivity index (χ4v) is 1.97. The molecule has 0 bridgehead atoms. The molecule has 0 unspecified atom stereocenters. The van der Waals surface area contributed by atoms with Crippen molar-refractivity contribution in [2.45, 2.75) is 18.4 Å². The van der Waals surface area contributed by atoms with Crippen molar-refractivity contribution in [1.82, 2.24) is 0 Å². The first-order valence-electron chi connectivity index (χ1n) is 5.04. The summed E-state index contributed by atoms with van der Waals surface area (Å²) >= 11 is 0. The van der Waals surface area contributed by atoms with Crippen LogP contribution >= 0.6 is 0 Å². The summed E-state index contributed by atoms with van der Waals surface area (Å²) in [4.78, 5) is 0. The van der Waals surface area contributed by atoms with E-state index in [4.69, 9.17) is 14.2 Å². The zero-order chi connectivity index (χ0) is 10.9. The number of ether oxygens (including phenoxy) is 3. The van der Waals surface area contributed by atoms with Crippen molar-refractivity contribution in [1.29, 1.82) is 0 Å². The van der Waals surface area contributed by atoms with Gasteiger partial charge in [-0.25, -0.2) is 0 Å². The van der Waals surface area contributed by atoms with Crippen LogP contribution in [0.4, 0.5) is 0 Å². The Bertz CT molecular complexity index is 334. The summed E-state index contributed by atoms with van der Waals surface area (Å²) in [5.74, 6) is 1.68. The summed E-state index contributed by atoms with van der Waals surface area (Å²) in [7, 11) is 5.08. The molecule has 15 heavy (non-hydrogen) atoms. The highest BCUT2D eigenvalue weighted by Gasteiger charge is 2.48. The van der Waals surface area contributed by atoms with Crippen LogP contribution in [-0.2, 0) is 10.3 Å². The van der Waals surface area contributed by atoms with Gasteiger partial charge in [0.25, 0.3) is 0 Å². The van der Waals surface area contributed by atoms with Gasteiger partial charge in [-0.1, -0.05) is 6.07 Å². The highest BCUT2D eigenvalue weighted by molar-refractivity contribution is 5.51. The molecule has 1 aliphatic rings. The standard InChI is InChI=1S/C12H16O3/c1-13-9-5-4-6-10(14-2)11(9)12(15-3)7-8-12/h4-6H,7-8H2,1-3H3. The van der Waals surface area contributed by atoms with Gasteiger partial charge >= 0.3 is 0 Å². The number of benzene rings is 1. The largest absolute Gasteiger partial charge is 0.496 e. The molecule has 0 aromatic heterocycles. The monoisotopic (exact) mass is 208 g/mol. The molecule has 1 aromatic carbocycles. The van der Waals surface area contributed by atoms with E-state index >= 15 is 0 Å². The molecule has 0 heterocycles. The van der Waals surface area contributed by atoms with E-state index in [1.165, 1.54) is 0 Å². The van der Waals surface area contributed by atoms with E-state index in [1.807, 2.05) is 18.2 Å². The van der Waals surface area contributed by atoms with Gasteiger partial charge in [0.15, 0.2) is 0 Å². The summed E-state index contributed by atoms with van der Waals surface area (Å²) in [5, 5.41) is 0. The maximum Gasteiger partial charge on any atom is 0.128 e. The van der Waals surface area contributed by atoms with E-state index in [1.54, 1.807) is 21.3 Å². The van der Waals surface area contributed by atoms with E-state index in [0.29, 0.717) is 0 Å². The Hall–Kier alpha value is -1.22. The van der Waals surface area contributed by atoms with Crippen LogP contribution in [-0.4, -0.2) is 21.3 Å². The van der Waals surface area contributed by atoms with Crippen molar-refractivity contribution in [2.75, 3.05) is 21.3 Å². The van der Waals surface area contributed by atoms with Gasteiger partial charge < -0.3 is 14.2 Å². The summed E-state index contributed by atoms with van der Waals surface area (Å²) in [6, 6.07) is 5.81. The van der Waals surface area contributed by atoms with E-state index in [2.05, 4.69) is 0 Å². The first-order chi connectivity index (χ1) is 7.27. The Balaban J connectivity index is 2.51. The van der Waals surface area contributed by atoms with Crippen LogP contribution in [0.15, 0.2) is 18.2 Å². The average molecular weight is 208 g/mol. The van der Waals surface area contributed by atoms with Gasteiger partial charge in [0, 0.05) is 7.11 Å². The van der Waals surface area contributed by atoms with Gasteiger partial charge in [-0.2, -0.15) is 0 Å². The molecule has 0 aliphatic heterocycles. The molecule has 82 valence electrons. The minimum atomic E-state index is -0.183. The molecule has 0 atom stereocenters. The van der Waals surface area contributed by atoms with Crippen LogP contribution in [0.5, 0.6) is 11.5 Å². The van der Waals surface area contributed by atoms with Crippen molar-refractivity contribution < 1.29 is 14.2 Å². The van der Waals surface area contributed by atoms with Gasteiger partial charge in [0.1, 0.15) is 17.1 Å². The van der Waals surface area contributed by atoms with Crippen molar-refractivity contribution >= 4 is 0 Å². The van der Waals surface area contributed by atoms with Crippen LogP contribution in [0, 0.1) is 0 Å². The average Bonchev–Trinajstić information content (AvgIpc) is 3.08. The predicted molar refractivity (Wildman–Crippen MR) is 57.5 cm³/mol. The summed E-state index contributed by atoms with van der Waals surface area (Å²) in [5.41, 5.74) is 0.857. The number of methoxy groups -OCH3 is 3. The van der Waals surface area contributed by atoms with E-state index in [9.17, 15) is 0 Å². The minimum absolute atomic E-state index is 0.183. The first-order valence-corrected chi connectivity index (χ1v) is 5.04. The minimum Gasteiger partial charge on any atom is -0.496 e. The normalized spacial score (nSPS) is 17.3. The van der Waals surface area contributed by atoms with Gasteiger partial charge in [0.05, 0.1) is 19.8 Å². The highest BCUT2D eigenvalue weighted by atomic mass is 16.5. The second kappa shape index (κ2) is 3.74. The molecule has 0 amide bonds. The Morgan fingerprint density at radius 2 is 1.53 bits per heavy atom. The Labute approximate surface area is 90.0 Å². The molecular formula is C12H16O3.